The van der Waals surface area contributed by atoms with Crippen molar-refractivity contribution in [1.82, 2.24) is 14.9 Å². The molecular weight excluding hydrogens is 422 g/mol. The Morgan fingerprint density at radius 2 is 2.15 bits per heavy atom. The second-order valence-corrected chi connectivity index (χ2v) is 7.33. The number of aliphatic hydroxyl groups is 2. The smallest absolute Gasteiger partial charge is 0.330 e. The van der Waals surface area contributed by atoms with Crippen molar-refractivity contribution in [3.63, 3.8) is 0 Å². The molecular formula is C17H26BrN3O6. The second-order valence-electron chi connectivity index (χ2n) is 6.54. The number of rotatable bonds is 10. The Morgan fingerprint density at radius 3 is 2.81 bits per heavy atom. The lowest BCUT2D eigenvalue weighted by Crippen LogP contribution is -2.34. The number of nitrogens with one attached hydrogen (secondary N) is 2. The molecule has 2 rings (SSSR count). The molecule has 0 aliphatic carbocycles. The van der Waals surface area contributed by atoms with Crippen LogP contribution in [0.1, 0.15) is 43.9 Å². The zero-order valence-electron chi connectivity index (χ0n) is 15.0. The van der Waals surface area contributed by atoms with Gasteiger partial charge in [0.2, 0.25) is 5.91 Å². The van der Waals surface area contributed by atoms with Crippen LogP contribution in [-0.4, -0.2) is 56.4 Å². The van der Waals surface area contributed by atoms with Crippen molar-refractivity contribution < 1.29 is 19.7 Å². The number of aromatic nitrogens is 2. The fourth-order valence-corrected chi connectivity index (χ4v) is 3.34. The first-order valence-electron chi connectivity index (χ1n) is 9.07. The molecule has 0 spiro atoms. The van der Waals surface area contributed by atoms with E-state index in [4.69, 9.17) is 9.84 Å². The molecule has 1 aliphatic rings. The highest BCUT2D eigenvalue weighted by Crippen LogP contribution is 2.27. The predicted molar refractivity (Wildman–Crippen MR) is 102 cm³/mol. The number of carbonyl (C=O) groups excluding carboxylic acids is 1. The Morgan fingerprint density at radius 1 is 1.37 bits per heavy atom. The van der Waals surface area contributed by atoms with E-state index in [9.17, 15) is 19.5 Å². The summed E-state index contributed by atoms with van der Waals surface area (Å²) < 4.78 is 6.70. The number of hydrogen-bond donors (Lipinski definition) is 4. The van der Waals surface area contributed by atoms with E-state index in [0.29, 0.717) is 31.4 Å². The number of alkyl halides is 1. The lowest BCUT2D eigenvalue weighted by Gasteiger charge is -2.15. The molecule has 1 saturated heterocycles. The van der Waals surface area contributed by atoms with Crippen molar-refractivity contribution in [2.75, 3.05) is 18.5 Å². The molecule has 1 aromatic rings. The van der Waals surface area contributed by atoms with Crippen molar-refractivity contribution in [3.8, 4) is 0 Å². The Hall–Kier alpha value is -1.49. The third kappa shape index (κ3) is 6.27. The molecule has 0 aromatic carbocycles. The van der Waals surface area contributed by atoms with Crippen LogP contribution >= 0.6 is 15.9 Å². The van der Waals surface area contributed by atoms with Gasteiger partial charge in [-0.3, -0.25) is 19.1 Å². The number of H-pyrrole nitrogens is 1. The first-order valence-corrected chi connectivity index (χ1v) is 10.2. The Kier molecular flexibility index (Phi) is 8.68. The number of hydrogen-bond acceptors (Lipinski definition) is 6. The topological polar surface area (TPSA) is 134 Å². The van der Waals surface area contributed by atoms with Crippen molar-refractivity contribution in [1.29, 1.82) is 0 Å². The van der Waals surface area contributed by atoms with Gasteiger partial charge in [-0.2, -0.15) is 0 Å². The first kappa shape index (κ1) is 21.8. The number of nitrogens with zero attached hydrogens (tertiary/aromatic N) is 1. The molecule has 10 heteroatoms. The SMILES string of the molecule is O=C(CCCCBr)NCCCc1cn([C@H]2C[C@H](O)[C@@H](CO)O2)c(=O)[nH]c1=O. The number of ether oxygens (including phenoxy) is 1. The monoisotopic (exact) mass is 447 g/mol. The van der Waals surface area contributed by atoms with Gasteiger partial charge in [0.05, 0.1) is 12.7 Å². The lowest BCUT2D eigenvalue weighted by molar-refractivity contribution is -0.121. The van der Waals surface area contributed by atoms with E-state index >= 15 is 0 Å². The largest absolute Gasteiger partial charge is 0.394 e. The van der Waals surface area contributed by atoms with E-state index in [1.165, 1.54) is 10.8 Å². The normalized spacial score (nSPS) is 22.1. The molecule has 1 aliphatic heterocycles. The number of amides is 1. The van der Waals surface area contributed by atoms with Gasteiger partial charge < -0.3 is 20.3 Å². The van der Waals surface area contributed by atoms with Crippen LogP contribution in [0.2, 0.25) is 0 Å². The Bertz CT molecular complexity index is 734. The summed E-state index contributed by atoms with van der Waals surface area (Å²) in [5, 5.41) is 22.7. The van der Waals surface area contributed by atoms with Crippen molar-refractivity contribution in [2.45, 2.75) is 57.0 Å². The molecule has 1 fully saturated rings. The van der Waals surface area contributed by atoms with Gasteiger partial charge in [-0.1, -0.05) is 15.9 Å². The van der Waals surface area contributed by atoms with Crippen LogP contribution in [0.3, 0.4) is 0 Å². The van der Waals surface area contributed by atoms with Crippen molar-refractivity contribution >= 4 is 21.8 Å². The molecule has 9 nitrogen and oxygen atoms in total. The van der Waals surface area contributed by atoms with Crippen molar-refractivity contribution in [3.05, 3.63) is 32.6 Å². The molecule has 0 bridgehead atoms. The van der Waals surface area contributed by atoms with Gasteiger partial charge in [-0.05, 0) is 25.7 Å². The second kappa shape index (κ2) is 10.7. The van der Waals surface area contributed by atoms with Crippen LogP contribution in [0.5, 0.6) is 0 Å². The van der Waals surface area contributed by atoms with Crippen LogP contribution < -0.4 is 16.6 Å². The molecule has 0 saturated carbocycles. The summed E-state index contributed by atoms with van der Waals surface area (Å²) in [4.78, 5) is 38.0. The Balaban J connectivity index is 1.91. The van der Waals surface area contributed by atoms with Gasteiger partial charge in [0.25, 0.3) is 5.56 Å². The summed E-state index contributed by atoms with van der Waals surface area (Å²) in [6, 6.07) is 0. The van der Waals surface area contributed by atoms with Gasteiger partial charge in [-0.15, -0.1) is 0 Å². The number of aliphatic hydroxyl groups excluding tert-OH is 2. The fourth-order valence-electron chi connectivity index (χ4n) is 2.94. The summed E-state index contributed by atoms with van der Waals surface area (Å²) in [7, 11) is 0. The molecule has 2 heterocycles. The standard InChI is InChI=1S/C17H26BrN3O6/c18-6-2-1-5-14(24)19-7-3-4-11-9-21(17(26)20-16(11)25)15-8-12(23)13(10-22)27-15/h9,12-13,15,22-23H,1-8,10H2,(H,19,24)(H,20,25,26)/t12-,13+,15+/m0/s1. The molecule has 3 atom stereocenters. The van der Waals surface area contributed by atoms with E-state index in [-0.39, 0.29) is 18.9 Å². The molecule has 1 aromatic heterocycles. The molecule has 0 unspecified atom stereocenters. The highest BCUT2D eigenvalue weighted by molar-refractivity contribution is 9.09. The number of halogens is 1. The maximum Gasteiger partial charge on any atom is 0.330 e. The van der Waals surface area contributed by atoms with Gasteiger partial charge in [-0.25, -0.2) is 4.79 Å². The minimum absolute atomic E-state index is 0.0155. The number of carbonyl (C=O) groups is 1. The van der Waals surface area contributed by atoms with Crippen LogP contribution in [0.25, 0.3) is 0 Å². The Labute approximate surface area is 164 Å². The lowest BCUT2D eigenvalue weighted by atomic mass is 10.1. The minimum atomic E-state index is -0.873. The van der Waals surface area contributed by atoms with Crippen LogP contribution in [0, 0.1) is 0 Å². The van der Waals surface area contributed by atoms with Crippen molar-refractivity contribution in [2.24, 2.45) is 0 Å². The third-order valence-electron chi connectivity index (χ3n) is 4.47. The average Bonchev–Trinajstić information content (AvgIpc) is 3.01. The highest BCUT2D eigenvalue weighted by atomic mass is 79.9. The van der Waals surface area contributed by atoms with Crippen LogP contribution in [0.15, 0.2) is 15.8 Å². The zero-order valence-corrected chi connectivity index (χ0v) is 16.6. The molecule has 0 radical (unpaired) electrons. The predicted octanol–water partition coefficient (Wildman–Crippen LogP) is -0.209. The number of aryl methyl sites for hydroxylation is 1. The number of unbranched alkanes of at least 4 members (excludes halogenated alkanes) is 1. The summed E-state index contributed by atoms with van der Waals surface area (Å²) in [6.07, 6.45) is 2.40. The fraction of sp³-hybridized carbons (Fsp3) is 0.706. The van der Waals surface area contributed by atoms with E-state index in [1.807, 2.05) is 0 Å². The summed E-state index contributed by atoms with van der Waals surface area (Å²) in [6.45, 7) is 0.0922. The average molecular weight is 448 g/mol. The maximum atomic E-state index is 12.0. The summed E-state index contributed by atoms with van der Waals surface area (Å²) >= 11 is 3.32. The van der Waals surface area contributed by atoms with E-state index in [0.717, 1.165) is 18.2 Å². The van der Waals surface area contributed by atoms with E-state index in [2.05, 4.69) is 26.2 Å². The van der Waals surface area contributed by atoms with Gasteiger partial charge >= 0.3 is 5.69 Å². The summed E-state index contributed by atoms with van der Waals surface area (Å²) in [5.74, 6) is -0.0155. The van der Waals surface area contributed by atoms with E-state index in [1.54, 1.807) is 0 Å². The molecule has 27 heavy (non-hydrogen) atoms. The first-order chi connectivity index (χ1) is 13.0. The van der Waals surface area contributed by atoms with Crippen LogP contribution in [-0.2, 0) is 16.0 Å². The maximum absolute atomic E-state index is 12.0. The van der Waals surface area contributed by atoms with Crippen LogP contribution in [0.4, 0.5) is 0 Å². The van der Waals surface area contributed by atoms with Gasteiger partial charge in [0.15, 0.2) is 0 Å². The van der Waals surface area contributed by atoms with E-state index < -0.39 is 29.7 Å². The van der Waals surface area contributed by atoms with Gasteiger partial charge in [0, 0.05) is 36.5 Å². The molecule has 4 N–H and O–H groups in total. The number of aromatic amines is 1. The quantitative estimate of drug-likeness (QED) is 0.289. The summed E-state index contributed by atoms with van der Waals surface area (Å²) in [5.41, 5.74) is -0.703. The third-order valence-corrected chi connectivity index (χ3v) is 5.03. The molecule has 1 amide bonds. The van der Waals surface area contributed by atoms with Gasteiger partial charge in [0.1, 0.15) is 12.3 Å². The highest BCUT2D eigenvalue weighted by Gasteiger charge is 2.35. The minimum Gasteiger partial charge on any atom is -0.394 e. The zero-order chi connectivity index (χ0) is 19.8. The molecule has 152 valence electrons.